The Balaban J connectivity index is 2.27. The fraction of sp³-hybridized carbons (Fsp3) is 0.786. The molecule has 0 radical (unpaired) electrons. The lowest BCUT2D eigenvalue weighted by molar-refractivity contribution is -0.0110. The molecule has 1 aliphatic carbocycles. The maximum atomic E-state index is 10.9. The SMILES string of the molecule is COc1cnn(CCN(C)C)c1C1(O)CCCCC1. The van der Waals surface area contributed by atoms with Gasteiger partial charge in [0.25, 0.3) is 0 Å². The van der Waals surface area contributed by atoms with E-state index < -0.39 is 5.60 Å². The lowest BCUT2D eigenvalue weighted by Crippen LogP contribution is -2.33. The Morgan fingerprint density at radius 2 is 2.05 bits per heavy atom. The van der Waals surface area contributed by atoms with Gasteiger partial charge in [-0.1, -0.05) is 19.3 Å². The summed E-state index contributed by atoms with van der Waals surface area (Å²) in [6.45, 7) is 1.67. The highest BCUT2D eigenvalue weighted by molar-refractivity contribution is 5.31. The Kier molecular flexibility index (Phi) is 4.47. The van der Waals surface area contributed by atoms with Crippen LogP contribution < -0.4 is 4.74 Å². The van der Waals surface area contributed by atoms with Gasteiger partial charge < -0.3 is 14.7 Å². The molecule has 0 aromatic carbocycles. The number of aromatic nitrogens is 2. The van der Waals surface area contributed by atoms with E-state index in [2.05, 4.69) is 10.00 Å². The minimum absolute atomic E-state index is 0.711. The molecule has 0 unspecified atom stereocenters. The van der Waals surface area contributed by atoms with E-state index >= 15 is 0 Å². The van der Waals surface area contributed by atoms with Crippen molar-refractivity contribution in [3.05, 3.63) is 11.9 Å². The van der Waals surface area contributed by atoms with E-state index in [-0.39, 0.29) is 0 Å². The third kappa shape index (κ3) is 3.09. The minimum atomic E-state index is -0.771. The van der Waals surface area contributed by atoms with Crippen LogP contribution in [-0.4, -0.2) is 47.5 Å². The van der Waals surface area contributed by atoms with E-state index in [1.807, 2.05) is 18.8 Å². The van der Waals surface area contributed by atoms with Gasteiger partial charge in [0.15, 0.2) is 5.75 Å². The molecule has 1 heterocycles. The number of methoxy groups -OCH3 is 1. The first-order valence-corrected chi connectivity index (χ1v) is 7.04. The second kappa shape index (κ2) is 5.92. The van der Waals surface area contributed by atoms with Gasteiger partial charge in [0, 0.05) is 6.54 Å². The number of likely N-dealkylation sites (N-methyl/N-ethyl adjacent to an activating group) is 1. The van der Waals surface area contributed by atoms with Crippen molar-refractivity contribution in [2.24, 2.45) is 0 Å². The summed E-state index contributed by atoms with van der Waals surface area (Å²) < 4.78 is 7.30. The first kappa shape index (κ1) is 14.3. The van der Waals surface area contributed by atoms with Crippen LogP contribution in [0, 0.1) is 0 Å². The minimum Gasteiger partial charge on any atom is -0.493 e. The monoisotopic (exact) mass is 267 g/mol. The van der Waals surface area contributed by atoms with Crippen LogP contribution in [0.15, 0.2) is 6.20 Å². The van der Waals surface area contributed by atoms with Gasteiger partial charge in [-0.05, 0) is 26.9 Å². The third-order valence-corrected chi connectivity index (χ3v) is 3.91. The summed E-state index contributed by atoms with van der Waals surface area (Å²) in [6.07, 6.45) is 6.67. The van der Waals surface area contributed by atoms with Crippen molar-refractivity contribution in [2.45, 2.75) is 44.2 Å². The fourth-order valence-electron chi connectivity index (χ4n) is 2.82. The van der Waals surface area contributed by atoms with E-state index in [1.165, 1.54) is 6.42 Å². The molecule has 0 aliphatic heterocycles. The van der Waals surface area contributed by atoms with Crippen LogP contribution in [0.4, 0.5) is 0 Å². The summed E-state index contributed by atoms with van der Waals surface area (Å²) in [6, 6.07) is 0. The van der Waals surface area contributed by atoms with Gasteiger partial charge in [-0.2, -0.15) is 5.10 Å². The lowest BCUT2D eigenvalue weighted by atomic mass is 9.82. The van der Waals surface area contributed by atoms with Gasteiger partial charge in [-0.25, -0.2) is 0 Å². The van der Waals surface area contributed by atoms with Crippen molar-refractivity contribution in [2.75, 3.05) is 27.7 Å². The van der Waals surface area contributed by atoms with Crippen molar-refractivity contribution >= 4 is 0 Å². The van der Waals surface area contributed by atoms with Gasteiger partial charge >= 0.3 is 0 Å². The topological polar surface area (TPSA) is 50.5 Å². The summed E-state index contributed by atoms with van der Waals surface area (Å²) in [5, 5.41) is 15.3. The zero-order valence-corrected chi connectivity index (χ0v) is 12.2. The molecular formula is C14H25N3O2. The van der Waals surface area contributed by atoms with Crippen molar-refractivity contribution in [3.63, 3.8) is 0 Å². The summed E-state index contributed by atoms with van der Waals surface area (Å²) >= 11 is 0. The normalized spacial score (nSPS) is 18.8. The second-order valence-electron chi connectivity index (χ2n) is 5.68. The van der Waals surface area contributed by atoms with Gasteiger partial charge in [0.1, 0.15) is 11.3 Å². The maximum absolute atomic E-state index is 10.9. The predicted octanol–water partition coefficient (Wildman–Crippen LogP) is 1.60. The molecule has 2 rings (SSSR count). The highest BCUT2D eigenvalue weighted by atomic mass is 16.5. The molecule has 0 bridgehead atoms. The number of hydrogen-bond donors (Lipinski definition) is 1. The van der Waals surface area contributed by atoms with Gasteiger partial charge in [-0.15, -0.1) is 0 Å². The number of rotatable bonds is 5. The van der Waals surface area contributed by atoms with Crippen LogP contribution >= 0.6 is 0 Å². The quantitative estimate of drug-likeness (QED) is 0.880. The Hall–Kier alpha value is -1.07. The second-order valence-corrected chi connectivity index (χ2v) is 5.68. The molecule has 1 aromatic rings. The molecule has 1 aliphatic rings. The predicted molar refractivity (Wildman–Crippen MR) is 74.3 cm³/mol. The highest BCUT2D eigenvalue weighted by Gasteiger charge is 2.37. The van der Waals surface area contributed by atoms with Crippen molar-refractivity contribution < 1.29 is 9.84 Å². The molecular weight excluding hydrogens is 242 g/mol. The fourth-order valence-corrected chi connectivity index (χ4v) is 2.82. The molecule has 0 spiro atoms. The number of aliphatic hydroxyl groups is 1. The molecule has 19 heavy (non-hydrogen) atoms. The maximum Gasteiger partial charge on any atom is 0.162 e. The van der Waals surface area contributed by atoms with Crippen molar-refractivity contribution in [3.8, 4) is 5.75 Å². The molecule has 1 aromatic heterocycles. The van der Waals surface area contributed by atoms with Crippen LogP contribution in [0.1, 0.15) is 37.8 Å². The smallest absolute Gasteiger partial charge is 0.162 e. The number of nitrogens with zero attached hydrogens (tertiary/aromatic N) is 3. The van der Waals surface area contributed by atoms with E-state index in [1.54, 1.807) is 13.3 Å². The first-order chi connectivity index (χ1) is 9.07. The summed E-state index contributed by atoms with van der Waals surface area (Å²) in [5.41, 5.74) is 0.0865. The van der Waals surface area contributed by atoms with Gasteiger partial charge in [0.05, 0.1) is 19.9 Å². The zero-order valence-electron chi connectivity index (χ0n) is 12.2. The standard InChI is InChI=1S/C14H25N3O2/c1-16(2)9-10-17-13(12(19-3)11-15-17)14(18)7-5-4-6-8-14/h11,18H,4-10H2,1-3H3. The third-order valence-electron chi connectivity index (χ3n) is 3.91. The average Bonchev–Trinajstić information content (AvgIpc) is 2.81. The summed E-state index contributed by atoms with van der Waals surface area (Å²) in [7, 11) is 5.72. The van der Waals surface area contributed by atoms with E-state index in [0.29, 0.717) is 5.75 Å². The van der Waals surface area contributed by atoms with Crippen LogP contribution in [0.2, 0.25) is 0 Å². The van der Waals surface area contributed by atoms with Crippen LogP contribution in [0.3, 0.4) is 0 Å². The highest BCUT2D eigenvalue weighted by Crippen LogP contribution is 2.40. The lowest BCUT2D eigenvalue weighted by Gasteiger charge is -2.33. The van der Waals surface area contributed by atoms with E-state index in [4.69, 9.17) is 4.74 Å². The largest absolute Gasteiger partial charge is 0.493 e. The molecule has 1 fully saturated rings. The van der Waals surface area contributed by atoms with Crippen LogP contribution in [0.25, 0.3) is 0 Å². The summed E-state index contributed by atoms with van der Waals surface area (Å²) in [4.78, 5) is 2.11. The molecule has 1 saturated carbocycles. The van der Waals surface area contributed by atoms with E-state index in [9.17, 15) is 5.11 Å². The number of ether oxygens (including phenoxy) is 1. The molecule has 5 heteroatoms. The Labute approximate surface area is 115 Å². The Bertz CT molecular complexity index is 409. The Morgan fingerprint density at radius 1 is 1.37 bits per heavy atom. The zero-order chi connectivity index (χ0) is 13.9. The van der Waals surface area contributed by atoms with Gasteiger partial charge in [-0.3, -0.25) is 4.68 Å². The number of hydrogen-bond acceptors (Lipinski definition) is 4. The summed E-state index contributed by atoms with van der Waals surface area (Å²) in [5.74, 6) is 0.711. The van der Waals surface area contributed by atoms with Crippen molar-refractivity contribution in [1.82, 2.24) is 14.7 Å². The van der Waals surface area contributed by atoms with Crippen LogP contribution in [-0.2, 0) is 12.1 Å². The van der Waals surface area contributed by atoms with Gasteiger partial charge in [0.2, 0.25) is 0 Å². The van der Waals surface area contributed by atoms with Crippen LogP contribution in [0.5, 0.6) is 5.75 Å². The molecule has 108 valence electrons. The average molecular weight is 267 g/mol. The van der Waals surface area contributed by atoms with E-state index in [0.717, 1.165) is 44.5 Å². The Morgan fingerprint density at radius 3 is 2.63 bits per heavy atom. The molecule has 5 nitrogen and oxygen atoms in total. The molecule has 0 saturated heterocycles. The first-order valence-electron chi connectivity index (χ1n) is 7.04. The van der Waals surface area contributed by atoms with Crippen molar-refractivity contribution in [1.29, 1.82) is 0 Å². The molecule has 0 atom stereocenters. The molecule has 1 N–H and O–H groups in total. The molecule has 0 amide bonds.